The van der Waals surface area contributed by atoms with Gasteiger partial charge in [0.2, 0.25) is 0 Å². The van der Waals surface area contributed by atoms with Crippen LogP contribution in [0, 0.1) is 11.8 Å². The first-order valence-corrected chi connectivity index (χ1v) is 4.36. The van der Waals surface area contributed by atoms with E-state index in [1.165, 1.54) is 0 Å². The molecule has 1 nitrogen and oxygen atoms in total. The highest BCUT2D eigenvalue weighted by Gasteiger charge is 1.94. The fraction of sp³-hybridized carbons (Fsp3) is 0.100. The molecule has 0 atom stereocenters. The van der Waals surface area contributed by atoms with Crippen molar-refractivity contribution in [3.8, 4) is 11.8 Å². The minimum absolute atomic E-state index is 0.226. The monoisotopic (exact) mass is 212 g/mol. The topological polar surface area (TPSA) is 17.1 Å². The summed E-state index contributed by atoms with van der Waals surface area (Å²) in [4.78, 5) is 9.97. The predicted octanol–water partition coefficient (Wildman–Crippen LogP) is 2.93. The van der Waals surface area contributed by atoms with Crippen LogP contribution in [0.15, 0.2) is 18.2 Å². The molecule has 3 heteroatoms. The Labute approximate surface area is 86.7 Å². The van der Waals surface area contributed by atoms with Crippen LogP contribution in [0.25, 0.3) is 0 Å². The van der Waals surface area contributed by atoms with Crippen molar-refractivity contribution in [2.24, 2.45) is 0 Å². The number of rotatable bonds is 1. The Morgan fingerprint density at radius 3 is 2.38 bits per heavy atom. The Balaban J connectivity index is 2.90. The van der Waals surface area contributed by atoms with E-state index in [4.69, 9.17) is 23.2 Å². The lowest BCUT2D eigenvalue weighted by Crippen LogP contribution is -1.75. The van der Waals surface area contributed by atoms with Crippen molar-refractivity contribution in [1.82, 2.24) is 0 Å². The van der Waals surface area contributed by atoms with Gasteiger partial charge in [-0.15, -0.1) is 0 Å². The van der Waals surface area contributed by atoms with Gasteiger partial charge in [-0.1, -0.05) is 35.0 Å². The smallest absolute Gasteiger partial charge is 0.131 e. The summed E-state index contributed by atoms with van der Waals surface area (Å²) in [5.74, 6) is 5.45. The normalized spacial score (nSPS) is 8.77. The van der Waals surface area contributed by atoms with Gasteiger partial charge in [0.05, 0.1) is 6.42 Å². The molecule has 1 aromatic rings. The summed E-state index contributed by atoms with van der Waals surface area (Å²) in [6.45, 7) is 0. The molecule has 0 aliphatic carbocycles. The highest BCUT2D eigenvalue weighted by atomic mass is 35.5. The van der Waals surface area contributed by atoms with Crippen molar-refractivity contribution in [3.05, 3.63) is 33.8 Å². The van der Waals surface area contributed by atoms with Crippen LogP contribution >= 0.6 is 23.2 Å². The molecule has 66 valence electrons. The zero-order valence-corrected chi connectivity index (χ0v) is 8.19. The Morgan fingerprint density at radius 1 is 1.23 bits per heavy atom. The predicted molar refractivity (Wildman–Crippen MR) is 54.0 cm³/mol. The quantitative estimate of drug-likeness (QED) is 0.517. The van der Waals surface area contributed by atoms with Crippen LogP contribution in [0.2, 0.25) is 10.0 Å². The van der Waals surface area contributed by atoms with E-state index in [1.807, 2.05) is 0 Å². The van der Waals surface area contributed by atoms with Gasteiger partial charge in [-0.3, -0.25) is 0 Å². The second-order valence-corrected chi connectivity index (χ2v) is 3.20. The second kappa shape index (κ2) is 4.91. The fourth-order valence-corrected chi connectivity index (χ4v) is 1.35. The van der Waals surface area contributed by atoms with Gasteiger partial charge in [0.1, 0.15) is 6.29 Å². The number of benzene rings is 1. The van der Waals surface area contributed by atoms with Crippen molar-refractivity contribution >= 4 is 29.5 Å². The number of hydrogen-bond acceptors (Lipinski definition) is 1. The summed E-state index contributed by atoms with van der Waals surface area (Å²) in [5.41, 5.74) is 0.722. The molecule has 0 radical (unpaired) electrons. The highest BCUT2D eigenvalue weighted by molar-refractivity contribution is 6.34. The molecule has 1 aromatic carbocycles. The maximum atomic E-state index is 9.97. The maximum Gasteiger partial charge on any atom is 0.131 e. The van der Waals surface area contributed by atoms with E-state index in [-0.39, 0.29) is 6.42 Å². The van der Waals surface area contributed by atoms with Crippen molar-refractivity contribution in [1.29, 1.82) is 0 Å². The van der Waals surface area contributed by atoms with E-state index in [0.29, 0.717) is 10.0 Å². The Bertz CT molecular complexity index is 354. The van der Waals surface area contributed by atoms with E-state index >= 15 is 0 Å². The third-order valence-electron chi connectivity index (χ3n) is 1.28. The van der Waals surface area contributed by atoms with E-state index in [1.54, 1.807) is 18.2 Å². The Morgan fingerprint density at radius 2 is 1.85 bits per heavy atom. The van der Waals surface area contributed by atoms with Crippen LogP contribution in [0.5, 0.6) is 0 Å². The molecule has 0 aliphatic heterocycles. The van der Waals surface area contributed by atoms with Crippen molar-refractivity contribution in [3.63, 3.8) is 0 Å². The summed E-state index contributed by atoms with van der Waals surface area (Å²) >= 11 is 11.5. The largest absolute Gasteiger partial charge is 0.302 e. The summed E-state index contributed by atoms with van der Waals surface area (Å²) in [6, 6.07) is 5.03. The first kappa shape index (κ1) is 10.1. The summed E-state index contributed by atoms with van der Waals surface area (Å²) in [6.07, 6.45) is 0.975. The average molecular weight is 213 g/mol. The van der Waals surface area contributed by atoms with Gasteiger partial charge >= 0.3 is 0 Å². The molecule has 0 aromatic heterocycles. The van der Waals surface area contributed by atoms with Gasteiger partial charge in [-0.2, -0.15) is 0 Å². The molecule has 0 spiro atoms. The van der Waals surface area contributed by atoms with Crippen LogP contribution in [0.1, 0.15) is 12.0 Å². The van der Waals surface area contributed by atoms with Gasteiger partial charge in [0.15, 0.2) is 0 Å². The van der Waals surface area contributed by atoms with Gasteiger partial charge in [-0.25, -0.2) is 0 Å². The lowest BCUT2D eigenvalue weighted by atomic mass is 10.2. The first-order chi connectivity index (χ1) is 6.22. The zero-order chi connectivity index (χ0) is 9.68. The molecule has 0 bridgehead atoms. The Hall–Kier alpha value is -0.970. The van der Waals surface area contributed by atoms with Crippen LogP contribution in [0.4, 0.5) is 0 Å². The average Bonchev–Trinajstić information content (AvgIpc) is 2.03. The molecule has 0 heterocycles. The molecular weight excluding hydrogens is 207 g/mol. The van der Waals surface area contributed by atoms with Gasteiger partial charge in [0.25, 0.3) is 0 Å². The minimum Gasteiger partial charge on any atom is -0.302 e. The van der Waals surface area contributed by atoms with Gasteiger partial charge < -0.3 is 4.79 Å². The zero-order valence-electron chi connectivity index (χ0n) is 6.68. The fourth-order valence-electron chi connectivity index (χ4n) is 0.821. The second-order valence-electron chi connectivity index (χ2n) is 2.33. The Kier molecular flexibility index (Phi) is 3.82. The molecule has 0 unspecified atom stereocenters. The van der Waals surface area contributed by atoms with E-state index < -0.39 is 0 Å². The van der Waals surface area contributed by atoms with E-state index in [0.717, 1.165) is 11.8 Å². The van der Waals surface area contributed by atoms with Crippen molar-refractivity contribution in [2.45, 2.75) is 6.42 Å². The van der Waals surface area contributed by atoms with Crippen molar-refractivity contribution in [2.75, 3.05) is 0 Å². The number of carbonyl (C=O) groups is 1. The molecule has 0 saturated carbocycles. The summed E-state index contributed by atoms with van der Waals surface area (Å²) in [7, 11) is 0. The molecule has 13 heavy (non-hydrogen) atoms. The molecule has 0 N–H and O–H groups in total. The van der Waals surface area contributed by atoms with Crippen LogP contribution in [-0.2, 0) is 4.79 Å². The van der Waals surface area contributed by atoms with Crippen LogP contribution < -0.4 is 0 Å². The molecule has 0 amide bonds. The summed E-state index contributed by atoms with van der Waals surface area (Å²) < 4.78 is 0. The number of aldehydes is 1. The third-order valence-corrected chi connectivity index (χ3v) is 1.72. The molecule has 1 rings (SSSR count). The van der Waals surface area contributed by atoms with Gasteiger partial charge in [0, 0.05) is 15.6 Å². The molecular formula is C10H6Cl2O. The SMILES string of the molecule is O=CCC#Cc1cc(Cl)cc(Cl)c1. The summed E-state index contributed by atoms with van der Waals surface area (Å²) in [5, 5.41) is 1.09. The van der Waals surface area contributed by atoms with Crippen molar-refractivity contribution < 1.29 is 4.79 Å². The lowest BCUT2D eigenvalue weighted by Gasteiger charge is -1.93. The number of halogens is 2. The lowest BCUT2D eigenvalue weighted by molar-refractivity contribution is -0.107. The minimum atomic E-state index is 0.226. The molecule has 0 saturated heterocycles. The third kappa shape index (κ3) is 3.50. The van der Waals surface area contributed by atoms with E-state index in [9.17, 15) is 4.79 Å². The van der Waals surface area contributed by atoms with Gasteiger partial charge in [-0.05, 0) is 18.2 Å². The van der Waals surface area contributed by atoms with E-state index in [2.05, 4.69) is 11.8 Å². The first-order valence-electron chi connectivity index (χ1n) is 3.61. The van der Waals surface area contributed by atoms with Crippen LogP contribution in [-0.4, -0.2) is 6.29 Å². The highest BCUT2D eigenvalue weighted by Crippen LogP contribution is 2.18. The number of hydrogen-bond donors (Lipinski definition) is 0. The molecule has 0 fully saturated rings. The maximum absolute atomic E-state index is 9.97. The molecule has 0 aliphatic rings. The number of carbonyl (C=O) groups excluding carboxylic acids is 1. The standard InChI is InChI=1S/C10H6Cl2O/c11-9-5-8(3-1-2-4-13)6-10(12)7-9/h4-7H,2H2. The van der Waals surface area contributed by atoms with Crippen LogP contribution in [0.3, 0.4) is 0 Å².